The number of nitrogens with two attached hydrogens (primary N) is 1. The fourth-order valence-electron chi connectivity index (χ4n) is 1.56. The van der Waals surface area contributed by atoms with Crippen molar-refractivity contribution in [1.29, 1.82) is 0 Å². The summed E-state index contributed by atoms with van der Waals surface area (Å²) < 4.78 is 0. The van der Waals surface area contributed by atoms with Crippen molar-refractivity contribution in [1.82, 2.24) is 10.6 Å². The van der Waals surface area contributed by atoms with Gasteiger partial charge >= 0.3 is 0 Å². The topological polar surface area (TPSA) is 128 Å². The molecule has 1 aliphatic heterocycles. The molecule has 88 valence electrons. The largest absolute Gasteiger partial charge is 0.387 e. The molecule has 1 heterocycles. The van der Waals surface area contributed by atoms with Crippen LogP contribution >= 0.6 is 0 Å². The zero-order valence-electron chi connectivity index (χ0n) is 8.47. The molecule has 0 aliphatic carbocycles. The second-order valence-corrected chi connectivity index (χ2v) is 3.80. The fourth-order valence-corrected chi connectivity index (χ4v) is 1.56. The molecule has 4 atom stereocenters. The quantitative estimate of drug-likeness (QED) is 0.285. The van der Waals surface area contributed by atoms with Crippen LogP contribution in [0.1, 0.15) is 6.92 Å². The summed E-state index contributed by atoms with van der Waals surface area (Å²) in [5.41, 5.74) is 3.73. The smallest absolute Gasteiger partial charge is 0.218 e. The van der Waals surface area contributed by atoms with Gasteiger partial charge in [-0.1, -0.05) is 0 Å². The summed E-state index contributed by atoms with van der Waals surface area (Å²) in [5.74, 6) is -0.336. The van der Waals surface area contributed by atoms with Crippen LogP contribution in [0.5, 0.6) is 0 Å². The second kappa shape index (κ2) is 4.42. The van der Waals surface area contributed by atoms with Gasteiger partial charge in [0.15, 0.2) is 0 Å². The minimum Gasteiger partial charge on any atom is -0.387 e. The average Bonchev–Trinajstić information content (AvgIpc) is 2.19. The van der Waals surface area contributed by atoms with Crippen molar-refractivity contribution in [2.45, 2.75) is 30.9 Å². The molecule has 7 N–H and O–H groups in total. The third kappa shape index (κ3) is 2.44. The van der Waals surface area contributed by atoms with Gasteiger partial charge in [-0.05, 0) is 0 Å². The van der Waals surface area contributed by atoms with Gasteiger partial charge in [-0.3, -0.25) is 10.1 Å². The Kier molecular flexibility index (Phi) is 3.63. The van der Waals surface area contributed by atoms with E-state index in [1.807, 2.05) is 0 Å². The Morgan fingerprint density at radius 2 is 2.27 bits per heavy atom. The first kappa shape index (κ1) is 12.3. The first-order valence-electron chi connectivity index (χ1n) is 4.70. The van der Waals surface area contributed by atoms with E-state index in [1.165, 1.54) is 6.92 Å². The molecule has 7 heteroatoms. The molecule has 0 saturated carbocycles. The van der Waals surface area contributed by atoms with Gasteiger partial charge in [-0.2, -0.15) is 0 Å². The van der Waals surface area contributed by atoms with Gasteiger partial charge in [-0.25, -0.2) is 0 Å². The number of rotatable bonds is 2. The van der Waals surface area contributed by atoms with Crippen LogP contribution in [0.3, 0.4) is 0 Å². The summed E-state index contributed by atoms with van der Waals surface area (Å²) in [6, 6.07) is 0. The predicted molar refractivity (Wildman–Crippen MR) is 51.6 cm³/mol. The summed E-state index contributed by atoms with van der Waals surface area (Å²) in [6.07, 6.45) is -3.46. The molecule has 1 fully saturated rings. The van der Waals surface area contributed by atoms with E-state index < -0.39 is 24.0 Å². The lowest BCUT2D eigenvalue weighted by molar-refractivity contribution is -0.156. The van der Waals surface area contributed by atoms with Crippen LogP contribution < -0.4 is 16.4 Å². The van der Waals surface area contributed by atoms with Crippen molar-refractivity contribution in [2.75, 3.05) is 13.1 Å². The first-order valence-corrected chi connectivity index (χ1v) is 4.70. The number of amides is 1. The summed E-state index contributed by atoms with van der Waals surface area (Å²) in [4.78, 5) is 10.8. The van der Waals surface area contributed by atoms with Gasteiger partial charge in [0.1, 0.15) is 24.0 Å². The highest BCUT2D eigenvalue weighted by atomic mass is 16.4. The normalized spacial score (nSPS) is 41.3. The van der Waals surface area contributed by atoms with Crippen LogP contribution in [-0.2, 0) is 4.79 Å². The molecular weight excluding hydrogens is 202 g/mol. The van der Waals surface area contributed by atoms with E-state index in [4.69, 9.17) is 5.73 Å². The SMILES string of the molecule is CC(=O)N[C@H]1NC[C@](O)(CN)[C@H](O)[C@@H]1O. The van der Waals surface area contributed by atoms with Gasteiger partial charge < -0.3 is 26.4 Å². The highest BCUT2D eigenvalue weighted by Gasteiger charge is 2.46. The monoisotopic (exact) mass is 219 g/mol. The van der Waals surface area contributed by atoms with Crippen LogP contribution in [0.15, 0.2) is 0 Å². The number of aliphatic hydroxyl groups is 3. The molecule has 7 nitrogen and oxygen atoms in total. The molecule has 0 aromatic heterocycles. The van der Waals surface area contributed by atoms with E-state index in [0.717, 1.165) is 0 Å². The molecule has 0 aromatic rings. The van der Waals surface area contributed by atoms with Crippen molar-refractivity contribution in [3.8, 4) is 0 Å². The number of hydrogen-bond acceptors (Lipinski definition) is 6. The Bertz CT molecular complexity index is 250. The number of aliphatic hydroxyl groups excluding tert-OH is 2. The predicted octanol–water partition coefficient (Wildman–Crippen LogP) is -3.54. The first-order chi connectivity index (χ1) is 6.90. The Balaban J connectivity index is 2.68. The lowest BCUT2D eigenvalue weighted by atomic mass is 9.87. The van der Waals surface area contributed by atoms with Gasteiger partial charge in [-0.15, -0.1) is 0 Å². The van der Waals surface area contributed by atoms with E-state index in [9.17, 15) is 20.1 Å². The fraction of sp³-hybridized carbons (Fsp3) is 0.875. The molecule has 15 heavy (non-hydrogen) atoms. The summed E-state index contributed by atoms with van der Waals surface area (Å²) in [6.45, 7) is 1.13. The number of carbonyl (C=O) groups is 1. The van der Waals surface area contributed by atoms with Crippen molar-refractivity contribution < 1.29 is 20.1 Å². The van der Waals surface area contributed by atoms with Crippen LogP contribution in [-0.4, -0.2) is 58.3 Å². The minimum atomic E-state index is -1.56. The van der Waals surface area contributed by atoms with Crippen LogP contribution in [0, 0.1) is 0 Å². The lowest BCUT2D eigenvalue weighted by Crippen LogP contribution is -2.72. The zero-order chi connectivity index (χ0) is 11.6. The standard InChI is InChI=1S/C8H17N3O4/c1-4(12)11-7-5(13)6(14)8(15,2-9)3-10-7/h5-7,10,13-15H,2-3,9H2,1H3,(H,11,12)/t5-,6+,7+,8+/m0/s1. The van der Waals surface area contributed by atoms with E-state index in [0.29, 0.717) is 0 Å². The number of nitrogens with one attached hydrogen (secondary N) is 2. The van der Waals surface area contributed by atoms with Crippen molar-refractivity contribution in [3.05, 3.63) is 0 Å². The maximum atomic E-state index is 10.8. The molecule has 1 amide bonds. The second-order valence-electron chi connectivity index (χ2n) is 3.80. The Morgan fingerprint density at radius 1 is 1.67 bits per heavy atom. The summed E-state index contributed by atoms with van der Waals surface area (Å²) >= 11 is 0. The van der Waals surface area contributed by atoms with Crippen LogP contribution in [0.4, 0.5) is 0 Å². The number of β-amino-alcohol motifs (C(OH)–C–C–N with tert-alkyl or cyclic N) is 1. The molecule has 1 rings (SSSR count). The summed E-state index contributed by atoms with van der Waals surface area (Å²) in [5, 5.41) is 34.1. The zero-order valence-corrected chi connectivity index (χ0v) is 8.47. The van der Waals surface area contributed by atoms with Crippen molar-refractivity contribution in [2.24, 2.45) is 5.73 Å². The molecule has 0 bridgehead atoms. The molecule has 0 radical (unpaired) electrons. The average molecular weight is 219 g/mol. The number of carbonyl (C=O) groups excluding carboxylic acids is 1. The molecular formula is C8H17N3O4. The van der Waals surface area contributed by atoms with E-state index in [2.05, 4.69) is 10.6 Å². The molecule has 0 unspecified atom stereocenters. The molecule has 0 spiro atoms. The lowest BCUT2D eigenvalue weighted by Gasteiger charge is -2.43. The van der Waals surface area contributed by atoms with Crippen molar-refractivity contribution >= 4 is 5.91 Å². The number of hydrogen-bond donors (Lipinski definition) is 6. The highest BCUT2D eigenvalue weighted by Crippen LogP contribution is 2.18. The Labute approximate surface area is 87.3 Å². The van der Waals surface area contributed by atoms with Crippen LogP contribution in [0.25, 0.3) is 0 Å². The molecule has 0 aromatic carbocycles. The molecule has 1 saturated heterocycles. The van der Waals surface area contributed by atoms with Gasteiger partial charge in [0, 0.05) is 20.0 Å². The maximum Gasteiger partial charge on any atom is 0.218 e. The van der Waals surface area contributed by atoms with E-state index in [1.54, 1.807) is 0 Å². The van der Waals surface area contributed by atoms with E-state index >= 15 is 0 Å². The van der Waals surface area contributed by atoms with Gasteiger partial charge in [0.25, 0.3) is 0 Å². The maximum absolute atomic E-state index is 10.8. The Morgan fingerprint density at radius 3 is 2.73 bits per heavy atom. The van der Waals surface area contributed by atoms with Gasteiger partial charge in [0.2, 0.25) is 5.91 Å². The highest BCUT2D eigenvalue weighted by molar-refractivity contribution is 5.73. The third-order valence-corrected chi connectivity index (χ3v) is 2.56. The van der Waals surface area contributed by atoms with E-state index in [-0.39, 0.29) is 19.0 Å². The van der Waals surface area contributed by atoms with Gasteiger partial charge in [0.05, 0.1) is 0 Å². The summed E-state index contributed by atoms with van der Waals surface area (Å²) in [7, 11) is 0. The number of piperidine rings is 1. The third-order valence-electron chi connectivity index (χ3n) is 2.56. The molecule has 1 aliphatic rings. The van der Waals surface area contributed by atoms with Crippen molar-refractivity contribution in [3.63, 3.8) is 0 Å². The van der Waals surface area contributed by atoms with Crippen LogP contribution in [0.2, 0.25) is 0 Å². The Hall–Kier alpha value is -0.730. The minimum absolute atomic E-state index is 0.00662.